The van der Waals surface area contributed by atoms with E-state index < -0.39 is 11.8 Å². The van der Waals surface area contributed by atoms with Crippen LogP contribution in [0.1, 0.15) is 16.1 Å². The molecule has 0 saturated carbocycles. The number of thioether (sulfide) groups is 1. The molecule has 2 N–H and O–H groups in total. The Labute approximate surface area is 294 Å². The number of hydrogen-bond acceptors (Lipinski definition) is 6. The van der Waals surface area contributed by atoms with Gasteiger partial charge >= 0.3 is 0 Å². The molecule has 1 heterocycles. The fraction of sp³-hybridized carbons (Fsp3) is 0.0488. The van der Waals surface area contributed by atoms with Gasteiger partial charge in [0.05, 0.1) is 18.4 Å². The summed E-state index contributed by atoms with van der Waals surface area (Å²) in [6.45, 7) is 0. The number of amides is 3. The minimum Gasteiger partial charge on any atom is -0.496 e. The maximum absolute atomic E-state index is 13.6. The maximum Gasteiger partial charge on any atom is 0.272 e. The molecule has 3 amide bonds. The first-order valence-corrected chi connectivity index (χ1v) is 16.8. The number of rotatable bonds is 12. The van der Waals surface area contributed by atoms with Crippen molar-refractivity contribution in [2.24, 2.45) is 0 Å². The Bertz CT molecular complexity index is 2060. The van der Waals surface area contributed by atoms with Gasteiger partial charge < -0.3 is 19.8 Å². The summed E-state index contributed by atoms with van der Waals surface area (Å²) in [6, 6.07) is 45.8. The highest BCUT2D eigenvalue weighted by atomic mass is 32.2. The van der Waals surface area contributed by atoms with E-state index >= 15 is 0 Å². The molecule has 0 saturated heterocycles. The van der Waals surface area contributed by atoms with Gasteiger partial charge in [0.2, 0.25) is 5.91 Å². The van der Waals surface area contributed by atoms with Gasteiger partial charge in [0.25, 0.3) is 11.8 Å². The molecule has 0 atom stereocenters. The predicted octanol–water partition coefficient (Wildman–Crippen LogP) is 8.82. The molecule has 0 fully saturated rings. The molecule has 1 aromatic heterocycles. The van der Waals surface area contributed by atoms with E-state index in [1.54, 1.807) is 60.5 Å². The number of nitrogens with one attached hydrogen (secondary N) is 2. The van der Waals surface area contributed by atoms with Crippen LogP contribution in [0, 0.1) is 0 Å². The van der Waals surface area contributed by atoms with Crippen LogP contribution in [0.3, 0.4) is 0 Å². The molecule has 5 aromatic carbocycles. The average molecular weight is 680 g/mol. The van der Waals surface area contributed by atoms with Crippen LogP contribution in [-0.2, 0) is 9.59 Å². The van der Waals surface area contributed by atoms with Crippen molar-refractivity contribution >= 4 is 52.6 Å². The van der Waals surface area contributed by atoms with Gasteiger partial charge in [-0.25, -0.2) is 0 Å². The first-order valence-electron chi connectivity index (χ1n) is 15.8. The second-order valence-electron chi connectivity index (χ2n) is 10.9. The number of carbonyl (C=O) groups is 3. The third kappa shape index (κ3) is 8.39. The van der Waals surface area contributed by atoms with Crippen molar-refractivity contribution in [1.29, 1.82) is 0 Å². The second kappa shape index (κ2) is 16.2. The quantitative estimate of drug-likeness (QED) is 0.0991. The molecular formula is C41H33N3O5S. The highest BCUT2D eigenvalue weighted by Gasteiger charge is 2.19. The van der Waals surface area contributed by atoms with Crippen LogP contribution >= 0.6 is 11.8 Å². The van der Waals surface area contributed by atoms with Crippen molar-refractivity contribution in [3.8, 4) is 17.1 Å². The Kier molecular flexibility index (Phi) is 10.9. The Hall–Kier alpha value is -6.32. The molecule has 6 rings (SSSR count). The van der Waals surface area contributed by atoms with E-state index in [0.29, 0.717) is 28.5 Å². The standard InChI is InChI=1S/C41H33N3O5S/c1-48-37-20-12-11-19-35(37)38-26-23-33(49-38)27-36(43-40(46)29-13-5-2-6-14-29)41(47)42-30-21-24-34(25-22-30)50-28-39(45)44(31-15-7-3-8-16-31)32-17-9-4-10-18-32/h2-27H,28H2,1H3,(H,42,47)(H,43,46)/b36-27+. The summed E-state index contributed by atoms with van der Waals surface area (Å²) in [5.41, 5.74) is 3.23. The average Bonchev–Trinajstić information content (AvgIpc) is 3.64. The molecule has 6 aromatic rings. The number of carbonyl (C=O) groups excluding carboxylic acids is 3. The molecule has 0 radical (unpaired) electrons. The highest BCUT2D eigenvalue weighted by Crippen LogP contribution is 2.32. The van der Waals surface area contributed by atoms with E-state index in [1.807, 2.05) is 103 Å². The minimum absolute atomic E-state index is 0.00857. The smallest absolute Gasteiger partial charge is 0.272 e. The van der Waals surface area contributed by atoms with Crippen LogP contribution in [-0.4, -0.2) is 30.6 Å². The van der Waals surface area contributed by atoms with Gasteiger partial charge in [-0.15, -0.1) is 11.8 Å². The number of anilines is 3. The summed E-state index contributed by atoms with van der Waals surface area (Å²) in [6.07, 6.45) is 1.48. The Morgan fingerprint density at radius 2 is 1.32 bits per heavy atom. The Morgan fingerprint density at radius 3 is 1.96 bits per heavy atom. The van der Waals surface area contributed by atoms with Gasteiger partial charge in [-0.3, -0.25) is 19.3 Å². The van der Waals surface area contributed by atoms with Gasteiger partial charge in [-0.2, -0.15) is 0 Å². The topological polar surface area (TPSA) is 101 Å². The summed E-state index contributed by atoms with van der Waals surface area (Å²) < 4.78 is 11.5. The zero-order chi connectivity index (χ0) is 34.7. The van der Waals surface area contributed by atoms with E-state index in [0.717, 1.165) is 21.8 Å². The number of para-hydroxylation sites is 3. The molecule has 0 unspecified atom stereocenters. The van der Waals surface area contributed by atoms with Crippen LogP contribution in [0.5, 0.6) is 5.75 Å². The normalized spacial score (nSPS) is 11.0. The van der Waals surface area contributed by atoms with E-state index in [2.05, 4.69) is 10.6 Å². The zero-order valence-corrected chi connectivity index (χ0v) is 27.9. The Balaban J connectivity index is 1.16. The third-order valence-corrected chi connectivity index (χ3v) is 8.56. The molecule has 0 aliphatic carbocycles. The van der Waals surface area contributed by atoms with Crippen molar-refractivity contribution in [2.75, 3.05) is 23.1 Å². The lowest BCUT2D eigenvalue weighted by molar-refractivity contribution is -0.115. The van der Waals surface area contributed by atoms with Crippen molar-refractivity contribution in [1.82, 2.24) is 5.32 Å². The number of hydrogen-bond donors (Lipinski definition) is 2. The summed E-state index contributed by atoms with van der Waals surface area (Å²) in [5, 5.41) is 5.60. The molecule has 248 valence electrons. The largest absolute Gasteiger partial charge is 0.496 e. The summed E-state index contributed by atoms with van der Waals surface area (Å²) in [7, 11) is 1.58. The van der Waals surface area contributed by atoms with Gasteiger partial charge in [0.1, 0.15) is 23.0 Å². The first-order chi connectivity index (χ1) is 24.5. The van der Waals surface area contributed by atoms with Crippen LogP contribution in [0.25, 0.3) is 17.4 Å². The lowest BCUT2D eigenvalue weighted by Crippen LogP contribution is -2.30. The van der Waals surface area contributed by atoms with Crippen LogP contribution < -0.4 is 20.3 Å². The van der Waals surface area contributed by atoms with Gasteiger partial charge in [-0.05, 0) is 84.9 Å². The van der Waals surface area contributed by atoms with E-state index in [1.165, 1.54) is 17.8 Å². The SMILES string of the molecule is COc1ccccc1-c1ccc(/C=C(/NC(=O)c2ccccc2)C(=O)Nc2ccc(SCC(=O)N(c3ccccc3)c3ccccc3)cc2)o1. The van der Waals surface area contributed by atoms with Gasteiger partial charge in [0.15, 0.2) is 0 Å². The molecule has 0 bridgehead atoms. The summed E-state index contributed by atoms with van der Waals surface area (Å²) in [4.78, 5) is 42.7. The number of nitrogens with zero attached hydrogens (tertiary/aromatic N) is 1. The van der Waals surface area contributed by atoms with Gasteiger partial charge in [0, 0.05) is 33.6 Å². The number of methoxy groups -OCH3 is 1. The van der Waals surface area contributed by atoms with Gasteiger partial charge in [-0.1, -0.05) is 66.7 Å². The third-order valence-electron chi connectivity index (χ3n) is 7.57. The molecular weight excluding hydrogens is 647 g/mol. The van der Waals surface area contributed by atoms with Crippen molar-refractivity contribution in [2.45, 2.75) is 4.90 Å². The lowest BCUT2D eigenvalue weighted by atomic mass is 10.1. The number of ether oxygens (including phenoxy) is 1. The summed E-state index contributed by atoms with van der Waals surface area (Å²) in [5.74, 6) is 0.699. The molecule has 0 spiro atoms. The van der Waals surface area contributed by atoms with Crippen molar-refractivity contribution in [3.05, 3.63) is 169 Å². The Morgan fingerprint density at radius 1 is 0.720 bits per heavy atom. The fourth-order valence-electron chi connectivity index (χ4n) is 5.14. The van der Waals surface area contributed by atoms with Crippen LogP contribution in [0.15, 0.2) is 167 Å². The highest BCUT2D eigenvalue weighted by molar-refractivity contribution is 8.00. The minimum atomic E-state index is -0.540. The summed E-state index contributed by atoms with van der Waals surface area (Å²) >= 11 is 1.40. The van der Waals surface area contributed by atoms with Crippen LogP contribution in [0.4, 0.5) is 17.1 Å². The van der Waals surface area contributed by atoms with E-state index in [4.69, 9.17) is 9.15 Å². The van der Waals surface area contributed by atoms with E-state index in [9.17, 15) is 14.4 Å². The lowest BCUT2D eigenvalue weighted by Gasteiger charge is -2.23. The molecule has 9 heteroatoms. The number of benzene rings is 5. The van der Waals surface area contributed by atoms with Crippen molar-refractivity contribution in [3.63, 3.8) is 0 Å². The fourth-order valence-corrected chi connectivity index (χ4v) is 5.89. The second-order valence-corrected chi connectivity index (χ2v) is 12.0. The first kappa shape index (κ1) is 33.6. The zero-order valence-electron chi connectivity index (χ0n) is 27.1. The molecule has 8 nitrogen and oxygen atoms in total. The van der Waals surface area contributed by atoms with Crippen molar-refractivity contribution < 1.29 is 23.5 Å². The van der Waals surface area contributed by atoms with Crippen LogP contribution in [0.2, 0.25) is 0 Å². The number of furan rings is 1. The molecule has 0 aliphatic heterocycles. The van der Waals surface area contributed by atoms with E-state index in [-0.39, 0.29) is 17.4 Å². The molecule has 0 aliphatic rings. The monoisotopic (exact) mass is 679 g/mol. The maximum atomic E-state index is 13.6. The molecule has 50 heavy (non-hydrogen) atoms. The predicted molar refractivity (Wildman–Crippen MR) is 198 cm³/mol.